The maximum absolute atomic E-state index is 12.5. The van der Waals surface area contributed by atoms with Crippen LogP contribution in [-0.2, 0) is 9.59 Å². The first-order valence-corrected chi connectivity index (χ1v) is 8.59. The van der Waals surface area contributed by atoms with Crippen LogP contribution in [0, 0.1) is 0 Å². The van der Waals surface area contributed by atoms with E-state index in [-0.39, 0.29) is 12.0 Å². The topological polar surface area (TPSA) is 74.8 Å². The number of rotatable bonds is 6. The van der Waals surface area contributed by atoms with E-state index in [0.717, 1.165) is 31.9 Å². The molecule has 1 N–H and O–H groups in total. The van der Waals surface area contributed by atoms with Crippen molar-refractivity contribution in [1.82, 2.24) is 9.88 Å². The molecule has 0 aliphatic carbocycles. The van der Waals surface area contributed by atoms with E-state index in [1.807, 2.05) is 19.1 Å². The maximum atomic E-state index is 12.5. The van der Waals surface area contributed by atoms with Gasteiger partial charge in [0.2, 0.25) is 6.41 Å². The van der Waals surface area contributed by atoms with Crippen molar-refractivity contribution < 1.29 is 14.3 Å². The molecule has 7 nitrogen and oxygen atoms in total. The molecule has 1 atom stereocenters. The third-order valence-corrected chi connectivity index (χ3v) is 4.54. The van der Waals surface area contributed by atoms with Crippen LogP contribution in [0.5, 0.6) is 5.75 Å². The van der Waals surface area contributed by atoms with Crippen LogP contribution in [-0.4, -0.2) is 54.5 Å². The van der Waals surface area contributed by atoms with Crippen LogP contribution in [0.25, 0.3) is 0 Å². The largest absolute Gasteiger partial charge is 0.423 e. The minimum Gasteiger partial charge on any atom is -0.423 e. The number of nitrogens with one attached hydrogen (secondary N) is 1. The number of para-hydroxylation sites is 2. The lowest BCUT2D eigenvalue weighted by Crippen LogP contribution is -2.52. The molecule has 1 aliphatic rings. The number of nitrogens with zero attached hydrogens (tertiary/aromatic N) is 3. The molecule has 1 unspecified atom stereocenters. The fraction of sp³-hybridized carbons (Fsp3) is 0.316. The van der Waals surface area contributed by atoms with Gasteiger partial charge in [0.15, 0.2) is 5.75 Å². The number of esters is 1. The molecular weight excluding hydrogens is 332 g/mol. The van der Waals surface area contributed by atoms with Crippen LogP contribution in [0.3, 0.4) is 0 Å². The molecule has 0 radical (unpaired) electrons. The van der Waals surface area contributed by atoms with Gasteiger partial charge < -0.3 is 15.0 Å². The lowest BCUT2D eigenvalue weighted by atomic mass is 10.2. The highest BCUT2D eigenvalue weighted by Gasteiger charge is 2.27. The minimum absolute atomic E-state index is 0.331. The van der Waals surface area contributed by atoms with Crippen LogP contribution < -0.4 is 15.0 Å². The summed E-state index contributed by atoms with van der Waals surface area (Å²) in [6.45, 7) is 5.07. The highest BCUT2D eigenvalue weighted by molar-refractivity contribution is 5.82. The molecular formula is C19H22N4O3. The van der Waals surface area contributed by atoms with Crippen molar-refractivity contribution in [1.29, 1.82) is 0 Å². The maximum Gasteiger partial charge on any atom is 0.328 e. The van der Waals surface area contributed by atoms with Crippen molar-refractivity contribution >= 4 is 23.8 Å². The average molecular weight is 354 g/mol. The Morgan fingerprint density at radius 2 is 1.85 bits per heavy atom. The molecule has 1 aromatic carbocycles. The highest BCUT2D eigenvalue weighted by atomic mass is 16.5. The molecule has 136 valence electrons. The van der Waals surface area contributed by atoms with Gasteiger partial charge in [-0.1, -0.05) is 12.1 Å². The van der Waals surface area contributed by atoms with Gasteiger partial charge in [0.05, 0.1) is 5.69 Å². The standard InChI is InChI=1S/C19H22N4O3/c1-15(19(25)26-18-5-3-2-4-17(18)21-14-24)22-10-12-23(13-11-22)16-6-8-20-9-7-16/h2-9,14-15H,10-13H2,1H3,(H,21,24). The van der Waals surface area contributed by atoms with Gasteiger partial charge in [-0.25, -0.2) is 4.79 Å². The Bertz CT molecular complexity index is 745. The predicted octanol–water partition coefficient (Wildman–Crippen LogP) is 1.77. The van der Waals surface area contributed by atoms with E-state index in [1.54, 1.807) is 36.7 Å². The van der Waals surface area contributed by atoms with E-state index in [2.05, 4.69) is 20.1 Å². The Morgan fingerprint density at radius 1 is 1.15 bits per heavy atom. The molecule has 7 heteroatoms. The number of amides is 1. The lowest BCUT2D eigenvalue weighted by molar-refractivity contribution is -0.140. The average Bonchev–Trinajstić information content (AvgIpc) is 2.70. The Kier molecular flexibility index (Phi) is 5.80. The minimum atomic E-state index is -0.362. The van der Waals surface area contributed by atoms with Crippen LogP contribution in [0.1, 0.15) is 6.92 Å². The first kappa shape index (κ1) is 17.9. The van der Waals surface area contributed by atoms with Crippen LogP contribution >= 0.6 is 0 Å². The van der Waals surface area contributed by atoms with Crippen molar-refractivity contribution in [2.75, 3.05) is 36.4 Å². The summed E-state index contributed by atoms with van der Waals surface area (Å²) in [5.41, 5.74) is 1.62. The first-order valence-electron chi connectivity index (χ1n) is 8.59. The van der Waals surface area contributed by atoms with Crippen molar-refractivity contribution in [3.05, 3.63) is 48.8 Å². The Labute approximate surface area is 152 Å². The highest BCUT2D eigenvalue weighted by Crippen LogP contribution is 2.24. The van der Waals surface area contributed by atoms with Crippen molar-refractivity contribution in [2.45, 2.75) is 13.0 Å². The molecule has 0 spiro atoms. The summed E-state index contributed by atoms with van der Waals surface area (Å²) in [6, 6.07) is 10.5. The second-order valence-corrected chi connectivity index (χ2v) is 6.08. The van der Waals surface area contributed by atoms with E-state index in [4.69, 9.17) is 4.74 Å². The zero-order chi connectivity index (χ0) is 18.4. The summed E-state index contributed by atoms with van der Waals surface area (Å²) >= 11 is 0. The van der Waals surface area contributed by atoms with Gasteiger partial charge in [-0.2, -0.15) is 0 Å². The predicted molar refractivity (Wildman–Crippen MR) is 99.2 cm³/mol. The number of pyridine rings is 1. The van der Waals surface area contributed by atoms with E-state index in [0.29, 0.717) is 17.8 Å². The Morgan fingerprint density at radius 3 is 2.54 bits per heavy atom. The number of ether oxygens (including phenoxy) is 1. The molecule has 1 aromatic heterocycles. The van der Waals surface area contributed by atoms with Gasteiger partial charge in [0.25, 0.3) is 0 Å². The van der Waals surface area contributed by atoms with Crippen molar-refractivity contribution in [3.8, 4) is 5.75 Å². The smallest absolute Gasteiger partial charge is 0.328 e. The second kappa shape index (κ2) is 8.44. The third kappa shape index (κ3) is 4.18. The number of piperazine rings is 1. The number of carbonyl (C=O) groups excluding carboxylic acids is 2. The van der Waals surface area contributed by atoms with E-state index >= 15 is 0 Å². The van der Waals surface area contributed by atoms with Gasteiger partial charge in [0, 0.05) is 44.3 Å². The van der Waals surface area contributed by atoms with Crippen LogP contribution in [0.2, 0.25) is 0 Å². The molecule has 2 aromatic rings. The molecule has 3 rings (SSSR count). The van der Waals surface area contributed by atoms with Gasteiger partial charge in [-0.3, -0.25) is 14.7 Å². The molecule has 1 amide bonds. The fourth-order valence-corrected chi connectivity index (χ4v) is 3.00. The summed E-state index contributed by atoms with van der Waals surface area (Å²) < 4.78 is 5.50. The molecule has 0 bridgehead atoms. The number of hydrogen-bond donors (Lipinski definition) is 1. The number of carbonyl (C=O) groups is 2. The van der Waals surface area contributed by atoms with Crippen molar-refractivity contribution in [3.63, 3.8) is 0 Å². The molecule has 1 fully saturated rings. The summed E-state index contributed by atoms with van der Waals surface area (Å²) in [5, 5.41) is 2.54. The summed E-state index contributed by atoms with van der Waals surface area (Å²) in [6.07, 6.45) is 4.13. The van der Waals surface area contributed by atoms with Gasteiger partial charge in [-0.15, -0.1) is 0 Å². The molecule has 26 heavy (non-hydrogen) atoms. The summed E-state index contributed by atoms with van der Waals surface area (Å²) in [4.78, 5) is 31.6. The van der Waals surface area contributed by atoms with Gasteiger partial charge >= 0.3 is 5.97 Å². The summed E-state index contributed by atoms with van der Waals surface area (Å²) in [5.74, 6) is 0.0226. The quantitative estimate of drug-likeness (QED) is 0.484. The first-order chi connectivity index (χ1) is 12.7. The number of anilines is 2. The Balaban J connectivity index is 1.57. The van der Waals surface area contributed by atoms with E-state index in [1.165, 1.54) is 0 Å². The zero-order valence-corrected chi connectivity index (χ0v) is 14.7. The van der Waals surface area contributed by atoms with Crippen LogP contribution in [0.4, 0.5) is 11.4 Å². The SMILES string of the molecule is CC(C(=O)Oc1ccccc1NC=O)N1CCN(c2ccncc2)CC1. The Hall–Kier alpha value is -2.93. The zero-order valence-electron chi connectivity index (χ0n) is 14.7. The molecule has 1 aliphatic heterocycles. The molecule has 1 saturated heterocycles. The monoisotopic (exact) mass is 354 g/mol. The summed E-state index contributed by atoms with van der Waals surface area (Å²) in [7, 11) is 0. The number of hydrogen-bond acceptors (Lipinski definition) is 6. The van der Waals surface area contributed by atoms with Crippen LogP contribution in [0.15, 0.2) is 48.8 Å². The third-order valence-electron chi connectivity index (χ3n) is 4.54. The van der Waals surface area contributed by atoms with Gasteiger partial charge in [0.1, 0.15) is 6.04 Å². The van der Waals surface area contributed by atoms with Crippen molar-refractivity contribution in [2.24, 2.45) is 0 Å². The van der Waals surface area contributed by atoms with E-state index in [9.17, 15) is 9.59 Å². The number of benzene rings is 1. The normalized spacial score (nSPS) is 16.0. The fourth-order valence-electron chi connectivity index (χ4n) is 3.00. The lowest BCUT2D eigenvalue weighted by Gasteiger charge is -2.38. The molecule has 2 heterocycles. The molecule has 0 saturated carbocycles. The second-order valence-electron chi connectivity index (χ2n) is 6.08. The van der Waals surface area contributed by atoms with E-state index < -0.39 is 0 Å². The van der Waals surface area contributed by atoms with Gasteiger partial charge in [-0.05, 0) is 31.2 Å². The number of aromatic nitrogens is 1.